The Morgan fingerprint density at radius 1 is 1.22 bits per heavy atom. The number of guanidine groups is 1. The van der Waals surface area contributed by atoms with E-state index in [1.807, 2.05) is 20.8 Å². The molecule has 1 fully saturated rings. The van der Waals surface area contributed by atoms with Crippen LogP contribution in [0.4, 0.5) is 0 Å². The quantitative estimate of drug-likeness (QED) is 0.529. The molecule has 1 aromatic rings. The summed E-state index contributed by atoms with van der Waals surface area (Å²) in [5, 5.41) is 9.24. The van der Waals surface area contributed by atoms with E-state index in [9.17, 15) is 4.79 Å². The first-order valence-electron chi connectivity index (χ1n) is 9.78. The number of benzene rings is 1. The molecule has 0 bridgehead atoms. The van der Waals surface area contributed by atoms with Gasteiger partial charge in [0.25, 0.3) is 0 Å². The molecular weight excluding hydrogens is 340 g/mol. The zero-order valence-corrected chi connectivity index (χ0v) is 17.3. The molecule has 1 aromatic carbocycles. The maximum absolute atomic E-state index is 12.0. The fourth-order valence-electron chi connectivity index (χ4n) is 3.13. The van der Waals surface area contributed by atoms with Crippen LogP contribution in [0.3, 0.4) is 0 Å². The predicted molar refractivity (Wildman–Crippen MR) is 110 cm³/mol. The van der Waals surface area contributed by atoms with Gasteiger partial charge < -0.3 is 20.7 Å². The third-order valence-electron chi connectivity index (χ3n) is 4.42. The van der Waals surface area contributed by atoms with Gasteiger partial charge in [-0.3, -0.25) is 9.79 Å². The molecule has 0 saturated heterocycles. The van der Waals surface area contributed by atoms with E-state index < -0.39 is 0 Å². The average molecular weight is 375 g/mol. The van der Waals surface area contributed by atoms with Crippen LogP contribution >= 0.6 is 0 Å². The van der Waals surface area contributed by atoms with Crippen LogP contribution < -0.4 is 20.7 Å². The molecule has 6 heteroatoms. The maximum atomic E-state index is 12.0. The zero-order chi connectivity index (χ0) is 19.9. The number of carbonyl (C=O) groups excluding carboxylic acids is 1. The Kier molecular flexibility index (Phi) is 7.51. The first kappa shape index (κ1) is 21.1. The smallest absolute Gasteiger partial charge is 0.239 e. The van der Waals surface area contributed by atoms with Gasteiger partial charge in [-0.05, 0) is 65.0 Å². The van der Waals surface area contributed by atoms with Gasteiger partial charge in [-0.2, -0.15) is 0 Å². The molecule has 1 aliphatic carbocycles. The number of nitrogens with zero attached hydrogens (tertiary/aromatic N) is 1. The largest absolute Gasteiger partial charge is 0.490 e. The topological polar surface area (TPSA) is 74.8 Å². The lowest BCUT2D eigenvalue weighted by Crippen LogP contribution is -2.48. The normalized spacial score (nSPS) is 15.5. The molecule has 6 nitrogen and oxygen atoms in total. The van der Waals surface area contributed by atoms with Crippen molar-refractivity contribution in [3.05, 3.63) is 29.3 Å². The molecule has 27 heavy (non-hydrogen) atoms. The standard InChI is InChI=1S/C21H34N4O2/c1-15-10-11-16(18(12-15)27-17-8-6-7-9-17)13-23-20(22-5)24-14-19(26)25-21(2,3)4/h10-12,17H,6-9,13-14H2,1-5H3,(H,25,26)(H2,22,23,24). The molecule has 1 saturated carbocycles. The SMILES string of the molecule is CN=C(NCC(=O)NC(C)(C)C)NCc1ccc(C)cc1OC1CCCC1. The molecular formula is C21H34N4O2. The van der Waals surface area contributed by atoms with E-state index in [0.717, 1.165) is 24.2 Å². The lowest BCUT2D eigenvalue weighted by Gasteiger charge is -2.21. The maximum Gasteiger partial charge on any atom is 0.239 e. The highest BCUT2D eigenvalue weighted by Crippen LogP contribution is 2.27. The lowest BCUT2D eigenvalue weighted by molar-refractivity contribution is -0.121. The Morgan fingerprint density at radius 2 is 1.93 bits per heavy atom. The van der Waals surface area contributed by atoms with Crippen molar-refractivity contribution in [2.24, 2.45) is 4.99 Å². The molecule has 1 amide bonds. The highest BCUT2D eigenvalue weighted by atomic mass is 16.5. The molecule has 150 valence electrons. The molecule has 3 N–H and O–H groups in total. The van der Waals surface area contributed by atoms with E-state index in [0.29, 0.717) is 18.6 Å². The van der Waals surface area contributed by atoms with Crippen LogP contribution in [0.25, 0.3) is 0 Å². The predicted octanol–water partition coefficient (Wildman–Crippen LogP) is 2.90. The summed E-state index contributed by atoms with van der Waals surface area (Å²) in [5.41, 5.74) is 2.03. The van der Waals surface area contributed by atoms with Crippen LogP contribution in [0, 0.1) is 6.92 Å². The van der Waals surface area contributed by atoms with Gasteiger partial charge in [-0.15, -0.1) is 0 Å². The van der Waals surface area contributed by atoms with Crippen molar-refractivity contribution in [1.29, 1.82) is 0 Å². The minimum atomic E-state index is -0.246. The van der Waals surface area contributed by atoms with Crippen LogP contribution in [-0.2, 0) is 11.3 Å². The van der Waals surface area contributed by atoms with Crippen LogP contribution in [0.5, 0.6) is 5.75 Å². The van der Waals surface area contributed by atoms with Crippen molar-refractivity contribution < 1.29 is 9.53 Å². The highest BCUT2D eigenvalue weighted by molar-refractivity contribution is 5.86. The summed E-state index contributed by atoms with van der Waals surface area (Å²) < 4.78 is 6.24. The molecule has 0 atom stereocenters. The van der Waals surface area contributed by atoms with Crippen LogP contribution in [0.2, 0.25) is 0 Å². The third-order valence-corrected chi connectivity index (χ3v) is 4.42. The molecule has 0 unspecified atom stereocenters. The average Bonchev–Trinajstić information content (AvgIpc) is 3.08. The summed E-state index contributed by atoms with van der Waals surface area (Å²) in [5.74, 6) is 1.47. The number of hydrogen-bond acceptors (Lipinski definition) is 3. The first-order chi connectivity index (χ1) is 12.8. The second-order valence-electron chi connectivity index (χ2n) is 8.21. The van der Waals surface area contributed by atoms with Gasteiger partial charge in [0.05, 0.1) is 12.6 Å². The molecule has 0 aliphatic heterocycles. The summed E-state index contributed by atoms with van der Waals surface area (Å²) >= 11 is 0. The fraction of sp³-hybridized carbons (Fsp3) is 0.619. The first-order valence-corrected chi connectivity index (χ1v) is 9.78. The third kappa shape index (κ3) is 7.49. The summed E-state index contributed by atoms with van der Waals surface area (Å²) in [6, 6.07) is 6.28. The molecule has 0 spiro atoms. The highest BCUT2D eigenvalue weighted by Gasteiger charge is 2.18. The Hall–Kier alpha value is -2.24. The van der Waals surface area contributed by atoms with Crippen molar-refractivity contribution in [3.8, 4) is 5.75 Å². The van der Waals surface area contributed by atoms with Crippen molar-refractivity contribution in [2.75, 3.05) is 13.6 Å². The monoisotopic (exact) mass is 374 g/mol. The van der Waals surface area contributed by atoms with E-state index in [4.69, 9.17) is 4.74 Å². The molecule has 1 aliphatic rings. The number of nitrogens with one attached hydrogen (secondary N) is 3. The number of amides is 1. The Labute approximate surface area is 163 Å². The van der Waals surface area contributed by atoms with Crippen LogP contribution in [0.1, 0.15) is 57.6 Å². The van der Waals surface area contributed by atoms with Gasteiger partial charge in [-0.1, -0.05) is 12.1 Å². The second-order valence-corrected chi connectivity index (χ2v) is 8.21. The lowest BCUT2D eigenvalue weighted by atomic mass is 10.1. The number of carbonyl (C=O) groups is 1. The van der Waals surface area contributed by atoms with Crippen molar-refractivity contribution >= 4 is 11.9 Å². The summed E-state index contributed by atoms with van der Waals surface area (Å²) in [7, 11) is 1.70. The second kappa shape index (κ2) is 9.62. The molecule has 0 radical (unpaired) electrons. The minimum Gasteiger partial charge on any atom is -0.490 e. The van der Waals surface area contributed by atoms with E-state index in [1.165, 1.54) is 18.4 Å². The van der Waals surface area contributed by atoms with E-state index >= 15 is 0 Å². The van der Waals surface area contributed by atoms with Gasteiger partial charge >= 0.3 is 0 Å². The number of rotatable bonds is 6. The molecule has 0 aromatic heterocycles. The summed E-state index contributed by atoms with van der Waals surface area (Å²) in [6.07, 6.45) is 5.08. The number of aryl methyl sites for hydroxylation is 1. The minimum absolute atomic E-state index is 0.0639. The fourth-order valence-corrected chi connectivity index (χ4v) is 3.13. The Bertz CT molecular complexity index is 659. The Morgan fingerprint density at radius 3 is 2.56 bits per heavy atom. The summed E-state index contributed by atoms with van der Waals surface area (Å²) in [6.45, 7) is 8.72. The molecule has 2 rings (SSSR count). The van der Waals surface area contributed by atoms with Crippen molar-refractivity contribution in [2.45, 2.75) is 71.6 Å². The van der Waals surface area contributed by atoms with Crippen molar-refractivity contribution in [1.82, 2.24) is 16.0 Å². The van der Waals surface area contributed by atoms with Gasteiger partial charge in [0.1, 0.15) is 5.75 Å². The van der Waals surface area contributed by atoms with E-state index in [-0.39, 0.29) is 18.0 Å². The van der Waals surface area contributed by atoms with Crippen LogP contribution in [-0.4, -0.2) is 37.1 Å². The Balaban J connectivity index is 1.90. The van der Waals surface area contributed by atoms with Gasteiger partial charge in [-0.25, -0.2) is 0 Å². The van der Waals surface area contributed by atoms with Crippen molar-refractivity contribution in [3.63, 3.8) is 0 Å². The summed E-state index contributed by atoms with van der Waals surface area (Å²) in [4.78, 5) is 16.2. The van der Waals surface area contributed by atoms with Gasteiger partial charge in [0.2, 0.25) is 5.91 Å². The number of aliphatic imine (C=N–C) groups is 1. The molecule has 0 heterocycles. The van der Waals surface area contributed by atoms with Gasteiger partial charge in [0, 0.05) is 24.7 Å². The number of ether oxygens (including phenoxy) is 1. The van der Waals surface area contributed by atoms with Crippen LogP contribution in [0.15, 0.2) is 23.2 Å². The van der Waals surface area contributed by atoms with E-state index in [2.05, 4.69) is 46.1 Å². The van der Waals surface area contributed by atoms with E-state index in [1.54, 1.807) is 7.05 Å². The zero-order valence-electron chi connectivity index (χ0n) is 17.3. The van der Waals surface area contributed by atoms with Gasteiger partial charge in [0.15, 0.2) is 5.96 Å². The number of hydrogen-bond donors (Lipinski definition) is 3.